The SMILES string of the molecule is c1ccc(-c2cc(-c3ccccc3)nc(-c3cc(-c4nc(-c5ccccc5)cc(-c5ccc6ccccc6c5)n4)cc(-c4nc(-c5ccccc5)cc(-c5ccc6ccccc6c5)n4)c3)c2)cc1. The van der Waals surface area contributed by atoms with Gasteiger partial charge in [-0.05, 0) is 87.3 Å². The van der Waals surface area contributed by atoms with E-state index in [-0.39, 0.29) is 0 Å². The third-order valence-corrected chi connectivity index (χ3v) is 12.4. The maximum atomic E-state index is 5.41. The molecule has 5 nitrogen and oxygen atoms in total. The zero-order valence-corrected chi connectivity index (χ0v) is 36.9. The van der Waals surface area contributed by atoms with E-state index in [0.29, 0.717) is 11.6 Å². The average molecular weight is 868 g/mol. The topological polar surface area (TPSA) is 64.5 Å². The first-order valence-corrected chi connectivity index (χ1v) is 22.8. The molecule has 0 saturated carbocycles. The van der Waals surface area contributed by atoms with Crippen molar-refractivity contribution in [1.82, 2.24) is 24.9 Å². The maximum Gasteiger partial charge on any atom is 0.160 e. The van der Waals surface area contributed by atoms with Gasteiger partial charge in [-0.3, -0.25) is 0 Å². The fourth-order valence-corrected chi connectivity index (χ4v) is 8.93. The molecule has 0 unspecified atom stereocenters. The Morgan fingerprint density at radius 1 is 0.162 bits per heavy atom. The molecule has 318 valence electrons. The van der Waals surface area contributed by atoms with E-state index in [2.05, 4.69) is 200 Å². The molecule has 0 aliphatic rings. The van der Waals surface area contributed by atoms with E-state index in [0.717, 1.165) is 101 Å². The Morgan fingerprint density at radius 3 is 0.912 bits per heavy atom. The molecule has 0 saturated heterocycles. The Labute approximate surface area is 394 Å². The Morgan fingerprint density at radius 2 is 0.485 bits per heavy atom. The second-order valence-corrected chi connectivity index (χ2v) is 16.9. The van der Waals surface area contributed by atoms with Gasteiger partial charge in [0.1, 0.15) is 0 Å². The van der Waals surface area contributed by atoms with E-state index in [1.165, 1.54) is 10.8 Å². The molecule has 0 amide bonds. The second kappa shape index (κ2) is 17.7. The summed E-state index contributed by atoms with van der Waals surface area (Å²) in [4.78, 5) is 26.9. The number of aromatic nitrogens is 5. The molecule has 68 heavy (non-hydrogen) atoms. The lowest BCUT2D eigenvalue weighted by atomic mass is 9.97. The summed E-state index contributed by atoms with van der Waals surface area (Å²) >= 11 is 0. The van der Waals surface area contributed by atoms with Crippen LogP contribution in [-0.4, -0.2) is 24.9 Å². The predicted octanol–water partition coefficient (Wildman–Crippen LogP) is 16.0. The highest BCUT2D eigenvalue weighted by Gasteiger charge is 2.19. The van der Waals surface area contributed by atoms with Gasteiger partial charge < -0.3 is 0 Å². The van der Waals surface area contributed by atoms with Gasteiger partial charge in [0.25, 0.3) is 0 Å². The third kappa shape index (κ3) is 8.21. The highest BCUT2D eigenvalue weighted by molar-refractivity contribution is 5.90. The van der Waals surface area contributed by atoms with Gasteiger partial charge in [-0.15, -0.1) is 0 Å². The Bertz CT molecular complexity index is 3540. The first-order valence-electron chi connectivity index (χ1n) is 22.8. The molecule has 3 heterocycles. The van der Waals surface area contributed by atoms with Gasteiger partial charge in [-0.2, -0.15) is 0 Å². The molecule has 5 heteroatoms. The number of nitrogens with zero attached hydrogens (tertiary/aromatic N) is 5. The molecule has 12 aromatic rings. The number of pyridine rings is 1. The smallest absolute Gasteiger partial charge is 0.160 e. The summed E-state index contributed by atoms with van der Waals surface area (Å²) < 4.78 is 0. The van der Waals surface area contributed by atoms with Crippen LogP contribution in [0.4, 0.5) is 0 Å². The Balaban J connectivity index is 1.12. The van der Waals surface area contributed by atoms with Crippen molar-refractivity contribution in [3.8, 4) is 101 Å². The first kappa shape index (κ1) is 40.3. The minimum atomic E-state index is 0.578. The number of rotatable bonds is 9. The largest absolute Gasteiger partial charge is 0.248 e. The molecule has 0 aliphatic carbocycles. The van der Waals surface area contributed by atoms with Gasteiger partial charge in [0.2, 0.25) is 0 Å². The lowest BCUT2D eigenvalue weighted by Gasteiger charge is -2.15. The molecular weight excluding hydrogens is 827 g/mol. The highest BCUT2D eigenvalue weighted by Crippen LogP contribution is 2.38. The van der Waals surface area contributed by atoms with E-state index in [9.17, 15) is 0 Å². The molecule has 0 N–H and O–H groups in total. The summed E-state index contributed by atoms with van der Waals surface area (Å²) in [5.74, 6) is 1.16. The van der Waals surface area contributed by atoms with E-state index in [4.69, 9.17) is 24.9 Å². The zero-order chi connectivity index (χ0) is 45.2. The second-order valence-electron chi connectivity index (χ2n) is 16.9. The van der Waals surface area contributed by atoms with Crippen molar-refractivity contribution in [2.24, 2.45) is 0 Å². The van der Waals surface area contributed by atoms with Crippen LogP contribution in [0, 0.1) is 0 Å². The van der Waals surface area contributed by atoms with Crippen LogP contribution >= 0.6 is 0 Å². The fourth-order valence-electron chi connectivity index (χ4n) is 8.93. The lowest BCUT2D eigenvalue weighted by Crippen LogP contribution is -1.99. The average Bonchev–Trinajstić information content (AvgIpc) is 3.43. The Hall–Kier alpha value is -9.19. The quantitative estimate of drug-likeness (QED) is 0.145. The van der Waals surface area contributed by atoms with E-state index in [1.807, 2.05) is 48.5 Å². The van der Waals surface area contributed by atoms with Gasteiger partial charge in [0.15, 0.2) is 11.6 Å². The summed E-state index contributed by atoms with van der Waals surface area (Å²) in [6.45, 7) is 0. The van der Waals surface area contributed by atoms with Crippen LogP contribution < -0.4 is 0 Å². The summed E-state index contributed by atoms with van der Waals surface area (Å²) in [6, 6.07) is 86.3. The minimum absolute atomic E-state index is 0.578. The van der Waals surface area contributed by atoms with Crippen molar-refractivity contribution >= 4 is 21.5 Å². The molecule has 0 atom stereocenters. The molecular formula is C63H41N5. The van der Waals surface area contributed by atoms with Crippen molar-refractivity contribution in [3.05, 3.63) is 249 Å². The van der Waals surface area contributed by atoms with Crippen LogP contribution in [-0.2, 0) is 0 Å². The van der Waals surface area contributed by atoms with Crippen LogP contribution in [0.2, 0.25) is 0 Å². The van der Waals surface area contributed by atoms with Crippen molar-refractivity contribution in [2.45, 2.75) is 0 Å². The van der Waals surface area contributed by atoms with Gasteiger partial charge in [-0.1, -0.05) is 194 Å². The molecule has 0 radical (unpaired) electrons. The number of hydrogen-bond donors (Lipinski definition) is 0. The summed E-state index contributed by atoms with van der Waals surface area (Å²) in [5.41, 5.74) is 14.7. The molecule has 0 spiro atoms. The summed E-state index contributed by atoms with van der Waals surface area (Å²) in [5, 5.41) is 4.64. The number of benzene rings is 9. The van der Waals surface area contributed by atoms with Gasteiger partial charge in [-0.25, -0.2) is 24.9 Å². The van der Waals surface area contributed by atoms with Crippen LogP contribution in [0.15, 0.2) is 249 Å². The van der Waals surface area contributed by atoms with Gasteiger partial charge in [0.05, 0.1) is 34.2 Å². The van der Waals surface area contributed by atoms with E-state index in [1.54, 1.807) is 0 Å². The zero-order valence-electron chi connectivity index (χ0n) is 36.9. The highest BCUT2D eigenvalue weighted by atomic mass is 14.9. The monoisotopic (exact) mass is 867 g/mol. The van der Waals surface area contributed by atoms with Crippen molar-refractivity contribution in [3.63, 3.8) is 0 Å². The standard InChI is InChI=1S/C63H41N5/c1-5-17-42(18-6-1)52-38-56(45-21-7-2-8-22-45)64-57(39-52)53-35-54(62-65-58(46-23-9-3-10-24-46)40-60(67-62)50-31-29-43-19-13-15-27-48(43)33-50)37-55(36-53)63-66-59(47-25-11-4-12-26-47)41-61(68-63)51-32-30-44-20-14-16-28-49(44)34-51/h1-41H. The van der Waals surface area contributed by atoms with Crippen LogP contribution in [0.25, 0.3) is 123 Å². The lowest BCUT2D eigenvalue weighted by molar-refractivity contribution is 1.17. The molecule has 9 aromatic carbocycles. The summed E-state index contributed by atoms with van der Waals surface area (Å²) in [6.07, 6.45) is 0. The maximum absolute atomic E-state index is 5.41. The first-order chi connectivity index (χ1) is 33.6. The van der Waals surface area contributed by atoms with Crippen LogP contribution in [0.5, 0.6) is 0 Å². The molecule has 3 aromatic heterocycles. The normalized spacial score (nSPS) is 11.2. The van der Waals surface area contributed by atoms with Crippen LogP contribution in [0.3, 0.4) is 0 Å². The van der Waals surface area contributed by atoms with Crippen molar-refractivity contribution < 1.29 is 0 Å². The van der Waals surface area contributed by atoms with Gasteiger partial charge >= 0.3 is 0 Å². The van der Waals surface area contributed by atoms with E-state index >= 15 is 0 Å². The fraction of sp³-hybridized carbons (Fsp3) is 0. The Kier molecular flexibility index (Phi) is 10.5. The van der Waals surface area contributed by atoms with E-state index < -0.39 is 0 Å². The summed E-state index contributed by atoms with van der Waals surface area (Å²) in [7, 11) is 0. The minimum Gasteiger partial charge on any atom is -0.248 e. The number of hydrogen-bond acceptors (Lipinski definition) is 5. The number of fused-ring (bicyclic) bond motifs is 2. The van der Waals surface area contributed by atoms with Gasteiger partial charge in [0, 0.05) is 44.5 Å². The molecule has 0 aliphatic heterocycles. The van der Waals surface area contributed by atoms with Crippen molar-refractivity contribution in [2.75, 3.05) is 0 Å². The molecule has 0 bridgehead atoms. The van der Waals surface area contributed by atoms with Crippen molar-refractivity contribution in [1.29, 1.82) is 0 Å². The van der Waals surface area contributed by atoms with Crippen LogP contribution in [0.1, 0.15) is 0 Å². The molecule has 12 rings (SSSR count). The third-order valence-electron chi connectivity index (χ3n) is 12.4. The molecule has 0 fully saturated rings. The predicted molar refractivity (Wildman–Crippen MR) is 279 cm³/mol.